The van der Waals surface area contributed by atoms with Crippen LogP contribution in [-0.4, -0.2) is 35.8 Å². The Morgan fingerprint density at radius 2 is 2.24 bits per heavy atom. The topological polar surface area (TPSA) is 99.2 Å². The molecule has 6 heteroatoms. The van der Waals surface area contributed by atoms with E-state index >= 15 is 0 Å². The van der Waals surface area contributed by atoms with Crippen molar-refractivity contribution in [3.8, 4) is 6.07 Å². The van der Waals surface area contributed by atoms with Crippen molar-refractivity contribution in [3.63, 3.8) is 0 Å². The molecule has 1 aromatic carbocycles. The second-order valence-electron chi connectivity index (χ2n) is 5.13. The molecule has 0 radical (unpaired) electrons. The summed E-state index contributed by atoms with van der Waals surface area (Å²) in [7, 11) is 0. The average Bonchev–Trinajstić information content (AvgIpc) is 2.47. The number of hydrogen-bond donors (Lipinski definition) is 2. The smallest absolute Gasteiger partial charge is 0.238 e. The highest BCUT2D eigenvalue weighted by Gasteiger charge is 2.28. The second kappa shape index (κ2) is 6.86. The Bertz CT molecular complexity index is 579. The first-order chi connectivity index (χ1) is 10.1. The Kier molecular flexibility index (Phi) is 4.90. The molecule has 21 heavy (non-hydrogen) atoms. The number of primary amides is 1. The van der Waals surface area contributed by atoms with Crippen LogP contribution in [0.15, 0.2) is 24.3 Å². The summed E-state index contributed by atoms with van der Waals surface area (Å²) in [6.07, 6.45) is 2.61. The van der Waals surface area contributed by atoms with Gasteiger partial charge in [-0.15, -0.1) is 0 Å². The maximum Gasteiger partial charge on any atom is 0.238 e. The van der Waals surface area contributed by atoms with Gasteiger partial charge in [0.15, 0.2) is 0 Å². The molecule has 0 unspecified atom stereocenters. The molecule has 1 saturated heterocycles. The molecule has 0 spiro atoms. The van der Waals surface area contributed by atoms with Gasteiger partial charge in [0.1, 0.15) is 0 Å². The predicted molar refractivity (Wildman–Crippen MR) is 78.2 cm³/mol. The highest BCUT2D eigenvalue weighted by Crippen LogP contribution is 2.17. The molecule has 1 atom stereocenters. The zero-order valence-corrected chi connectivity index (χ0v) is 11.7. The van der Waals surface area contributed by atoms with Crippen molar-refractivity contribution >= 4 is 17.5 Å². The lowest BCUT2D eigenvalue weighted by Crippen LogP contribution is -2.50. The van der Waals surface area contributed by atoms with Gasteiger partial charge in [0.25, 0.3) is 0 Å². The minimum atomic E-state index is -0.381. The molecule has 2 amide bonds. The molecule has 3 N–H and O–H groups in total. The van der Waals surface area contributed by atoms with Crippen LogP contribution in [0.3, 0.4) is 0 Å². The lowest BCUT2D eigenvalue weighted by atomic mass is 10.0. The van der Waals surface area contributed by atoms with Crippen LogP contribution < -0.4 is 11.1 Å². The summed E-state index contributed by atoms with van der Waals surface area (Å²) in [6, 6.07) is 8.37. The van der Waals surface area contributed by atoms with Crippen LogP contribution in [-0.2, 0) is 9.59 Å². The molecule has 1 aliphatic rings. The number of rotatable bonds is 4. The van der Waals surface area contributed by atoms with Crippen LogP contribution in [0, 0.1) is 11.3 Å². The summed E-state index contributed by atoms with van der Waals surface area (Å²) in [5.41, 5.74) is 6.44. The monoisotopic (exact) mass is 286 g/mol. The third kappa shape index (κ3) is 4.04. The average molecular weight is 286 g/mol. The first-order valence-electron chi connectivity index (χ1n) is 6.93. The molecule has 0 aliphatic carbocycles. The number of nitrogens with two attached hydrogens (primary N) is 1. The summed E-state index contributed by atoms with van der Waals surface area (Å²) in [6.45, 7) is 0.823. The first-order valence-corrected chi connectivity index (χ1v) is 6.93. The number of carbonyl (C=O) groups excluding carboxylic acids is 2. The van der Waals surface area contributed by atoms with Gasteiger partial charge in [-0.3, -0.25) is 14.5 Å². The highest BCUT2D eigenvalue weighted by atomic mass is 16.2. The van der Waals surface area contributed by atoms with Crippen molar-refractivity contribution in [2.45, 2.75) is 25.3 Å². The van der Waals surface area contributed by atoms with Crippen LogP contribution in [0.5, 0.6) is 0 Å². The molecule has 1 fully saturated rings. The molecule has 1 heterocycles. The minimum absolute atomic E-state index is 0.129. The second-order valence-corrected chi connectivity index (χ2v) is 5.13. The number of anilines is 1. The van der Waals surface area contributed by atoms with Gasteiger partial charge < -0.3 is 11.1 Å². The summed E-state index contributed by atoms with van der Waals surface area (Å²) < 4.78 is 0. The van der Waals surface area contributed by atoms with Gasteiger partial charge in [-0.2, -0.15) is 5.26 Å². The van der Waals surface area contributed by atoms with Crippen LogP contribution >= 0.6 is 0 Å². The minimum Gasteiger partial charge on any atom is -0.368 e. The van der Waals surface area contributed by atoms with E-state index < -0.39 is 0 Å². The summed E-state index contributed by atoms with van der Waals surface area (Å²) >= 11 is 0. The Balaban J connectivity index is 1.97. The van der Waals surface area contributed by atoms with E-state index in [-0.39, 0.29) is 24.4 Å². The molecule has 2 rings (SSSR count). The van der Waals surface area contributed by atoms with Crippen molar-refractivity contribution in [1.82, 2.24) is 4.90 Å². The van der Waals surface area contributed by atoms with E-state index in [2.05, 4.69) is 5.32 Å². The fourth-order valence-corrected chi connectivity index (χ4v) is 2.55. The van der Waals surface area contributed by atoms with Gasteiger partial charge in [0, 0.05) is 5.69 Å². The molecular formula is C15H18N4O2. The molecule has 0 aromatic heterocycles. The number of piperidine rings is 1. The van der Waals surface area contributed by atoms with Crippen LogP contribution in [0.4, 0.5) is 5.69 Å². The van der Waals surface area contributed by atoms with E-state index in [0.29, 0.717) is 24.2 Å². The van der Waals surface area contributed by atoms with E-state index in [0.717, 1.165) is 12.8 Å². The first kappa shape index (κ1) is 15.0. The lowest BCUT2D eigenvalue weighted by molar-refractivity contribution is -0.126. The normalized spacial score (nSPS) is 18.7. The third-order valence-electron chi connectivity index (χ3n) is 3.56. The van der Waals surface area contributed by atoms with Crippen molar-refractivity contribution in [2.24, 2.45) is 5.73 Å². The van der Waals surface area contributed by atoms with Gasteiger partial charge in [-0.1, -0.05) is 12.5 Å². The number of carbonyl (C=O) groups is 2. The lowest BCUT2D eigenvalue weighted by Gasteiger charge is -2.32. The highest BCUT2D eigenvalue weighted by molar-refractivity contribution is 5.93. The fraction of sp³-hybridized carbons (Fsp3) is 0.400. The number of amides is 2. The van der Waals surface area contributed by atoms with E-state index in [1.165, 1.54) is 0 Å². The SMILES string of the molecule is N#Cc1cccc(NC(=O)CN2CCCC[C@@H]2C(N)=O)c1. The number of likely N-dealkylation sites (tertiary alicyclic amines) is 1. The standard InChI is InChI=1S/C15H18N4O2/c16-9-11-4-3-5-12(8-11)18-14(20)10-19-7-2-1-6-13(19)15(17)21/h3-5,8,13H,1-2,6-7,10H2,(H2,17,21)(H,18,20)/t13-/m1/s1. The maximum absolute atomic E-state index is 12.1. The Hall–Kier alpha value is -2.39. The summed E-state index contributed by atoms with van der Waals surface area (Å²) in [5, 5.41) is 11.6. The van der Waals surface area contributed by atoms with E-state index in [9.17, 15) is 9.59 Å². The number of benzene rings is 1. The van der Waals surface area contributed by atoms with Crippen molar-refractivity contribution in [3.05, 3.63) is 29.8 Å². The quantitative estimate of drug-likeness (QED) is 0.856. The van der Waals surface area contributed by atoms with Crippen molar-refractivity contribution in [1.29, 1.82) is 5.26 Å². The van der Waals surface area contributed by atoms with Gasteiger partial charge in [-0.05, 0) is 37.6 Å². The summed E-state index contributed by atoms with van der Waals surface area (Å²) in [4.78, 5) is 25.3. The molecule has 110 valence electrons. The Labute approximate surface area is 123 Å². The Morgan fingerprint density at radius 3 is 2.95 bits per heavy atom. The van der Waals surface area contributed by atoms with Gasteiger partial charge in [0.2, 0.25) is 11.8 Å². The summed E-state index contributed by atoms with van der Waals surface area (Å²) in [5.74, 6) is -0.591. The predicted octanol–water partition coefficient (Wildman–Crippen LogP) is 0.837. The van der Waals surface area contributed by atoms with Crippen LogP contribution in [0.25, 0.3) is 0 Å². The maximum atomic E-state index is 12.1. The number of nitrogens with one attached hydrogen (secondary N) is 1. The van der Waals surface area contributed by atoms with E-state index in [1.54, 1.807) is 24.3 Å². The van der Waals surface area contributed by atoms with Gasteiger partial charge in [0.05, 0.1) is 24.2 Å². The molecule has 6 nitrogen and oxygen atoms in total. The molecule has 0 bridgehead atoms. The van der Waals surface area contributed by atoms with Crippen LogP contribution in [0.2, 0.25) is 0 Å². The molecule has 1 aliphatic heterocycles. The third-order valence-corrected chi connectivity index (χ3v) is 3.56. The van der Waals surface area contributed by atoms with E-state index in [4.69, 9.17) is 11.0 Å². The van der Waals surface area contributed by atoms with Crippen molar-refractivity contribution < 1.29 is 9.59 Å². The molecule has 0 saturated carbocycles. The molecule has 1 aromatic rings. The van der Waals surface area contributed by atoms with Gasteiger partial charge in [-0.25, -0.2) is 0 Å². The zero-order chi connectivity index (χ0) is 15.2. The fourth-order valence-electron chi connectivity index (χ4n) is 2.55. The Morgan fingerprint density at radius 1 is 1.43 bits per heavy atom. The largest absolute Gasteiger partial charge is 0.368 e. The van der Waals surface area contributed by atoms with E-state index in [1.807, 2.05) is 11.0 Å². The number of hydrogen-bond acceptors (Lipinski definition) is 4. The van der Waals surface area contributed by atoms with Crippen molar-refractivity contribution in [2.75, 3.05) is 18.4 Å². The zero-order valence-electron chi connectivity index (χ0n) is 11.7. The van der Waals surface area contributed by atoms with Gasteiger partial charge >= 0.3 is 0 Å². The molecular weight excluding hydrogens is 268 g/mol. The number of nitrogens with zero attached hydrogens (tertiary/aromatic N) is 2. The number of nitriles is 1. The van der Waals surface area contributed by atoms with Crippen LogP contribution in [0.1, 0.15) is 24.8 Å².